The van der Waals surface area contributed by atoms with Gasteiger partial charge in [0.1, 0.15) is 0 Å². The van der Waals surface area contributed by atoms with Crippen LogP contribution in [0.1, 0.15) is 13.3 Å². The summed E-state index contributed by atoms with van der Waals surface area (Å²) in [5.74, 6) is -0.295. The lowest BCUT2D eigenvalue weighted by molar-refractivity contribution is -0.116. The zero-order chi connectivity index (χ0) is 13.0. The Morgan fingerprint density at radius 3 is 2.56 bits per heavy atom. The lowest BCUT2D eigenvalue weighted by Gasteiger charge is -2.23. The highest BCUT2D eigenvalue weighted by Gasteiger charge is 2.08. The van der Waals surface area contributed by atoms with Crippen molar-refractivity contribution < 1.29 is 4.79 Å². The molecule has 0 aliphatic heterocycles. The molecule has 0 bridgehead atoms. The number of hydrogen-bond acceptors (Lipinski definition) is 2. The monoisotopic (exact) mass is 242 g/mol. The minimum atomic E-state index is -0.295. The number of amides is 1. The Bertz CT molecular complexity index is 551. The SMILES string of the molecule is CCCN(CC(N)=O)c1ccc2ccccc2c1. The van der Waals surface area contributed by atoms with E-state index in [0.717, 1.165) is 18.7 Å². The van der Waals surface area contributed by atoms with E-state index in [1.165, 1.54) is 10.8 Å². The molecule has 0 unspecified atom stereocenters. The summed E-state index contributed by atoms with van der Waals surface area (Å²) in [6.07, 6.45) is 0.986. The Morgan fingerprint density at radius 1 is 1.17 bits per heavy atom. The van der Waals surface area contributed by atoms with Crippen molar-refractivity contribution in [2.45, 2.75) is 13.3 Å². The minimum Gasteiger partial charge on any atom is -0.368 e. The van der Waals surface area contributed by atoms with Gasteiger partial charge >= 0.3 is 0 Å². The summed E-state index contributed by atoms with van der Waals surface area (Å²) in [5.41, 5.74) is 6.34. The molecule has 0 atom stereocenters. The molecule has 0 saturated heterocycles. The highest BCUT2D eigenvalue weighted by molar-refractivity contribution is 5.87. The average molecular weight is 242 g/mol. The van der Waals surface area contributed by atoms with E-state index in [4.69, 9.17) is 5.73 Å². The van der Waals surface area contributed by atoms with Gasteiger partial charge in [-0.15, -0.1) is 0 Å². The lowest BCUT2D eigenvalue weighted by Crippen LogP contribution is -2.34. The van der Waals surface area contributed by atoms with Gasteiger partial charge in [0, 0.05) is 12.2 Å². The number of carbonyl (C=O) groups is 1. The zero-order valence-corrected chi connectivity index (χ0v) is 10.6. The van der Waals surface area contributed by atoms with Gasteiger partial charge in [0.25, 0.3) is 0 Å². The Kier molecular flexibility index (Phi) is 3.82. The Morgan fingerprint density at radius 2 is 1.89 bits per heavy atom. The first-order valence-electron chi connectivity index (χ1n) is 6.22. The van der Waals surface area contributed by atoms with Crippen molar-refractivity contribution in [1.82, 2.24) is 0 Å². The third-order valence-electron chi connectivity index (χ3n) is 2.94. The van der Waals surface area contributed by atoms with Crippen LogP contribution in [-0.2, 0) is 4.79 Å². The van der Waals surface area contributed by atoms with Crippen LogP contribution >= 0.6 is 0 Å². The topological polar surface area (TPSA) is 46.3 Å². The van der Waals surface area contributed by atoms with Crippen LogP contribution in [-0.4, -0.2) is 19.0 Å². The molecule has 1 amide bonds. The number of benzene rings is 2. The van der Waals surface area contributed by atoms with Crippen molar-refractivity contribution in [1.29, 1.82) is 0 Å². The van der Waals surface area contributed by atoms with E-state index in [0.29, 0.717) is 0 Å². The standard InChI is InChI=1S/C15H18N2O/c1-2-9-17(11-15(16)18)14-8-7-12-5-3-4-6-13(12)10-14/h3-8,10H,2,9,11H2,1H3,(H2,16,18). The number of fused-ring (bicyclic) bond motifs is 1. The maximum absolute atomic E-state index is 11.1. The van der Waals surface area contributed by atoms with Crippen LogP contribution < -0.4 is 10.6 Å². The van der Waals surface area contributed by atoms with Crippen LogP contribution in [0.2, 0.25) is 0 Å². The van der Waals surface area contributed by atoms with E-state index >= 15 is 0 Å². The van der Waals surface area contributed by atoms with E-state index in [1.54, 1.807) is 0 Å². The summed E-state index contributed by atoms with van der Waals surface area (Å²) < 4.78 is 0. The third kappa shape index (κ3) is 2.80. The van der Waals surface area contributed by atoms with Crippen molar-refractivity contribution >= 4 is 22.4 Å². The third-order valence-corrected chi connectivity index (χ3v) is 2.94. The number of nitrogens with two attached hydrogens (primary N) is 1. The predicted molar refractivity (Wildman–Crippen MR) is 75.6 cm³/mol. The van der Waals surface area contributed by atoms with Gasteiger partial charge < -0.3 is 10.6 Å². The van der Waals surface area contributed by atoms with E-state index in [1.807, 2.05) is 23.1 Å². The second-order valence-electron chi connectivity index (χ2n) is 4.42. The van der Waals surface area contributed by atoms with Gasteiger partial charge in [-0.05, 0) is 29.3 Å². The highest BCUT2D eigenvalue weighted by atomic mass is 16.1. The van der Waals surface area contributed by atoms with Crippen molar-refractivity contribution in [3.63, 3.8) is 0 Å². The van der Waals surface area contributed by atoms with E-state index in [9.17, 15) is 4.79 Å². The molecule has 0 aromatic heterocycles. The van der Waals surface area contributed by atoms with Crippen molar-refractivity contribution in [2.75, 3.05) is 18.0 Å². The zero-order valence-electron chi connectivity index (χ0n) is 10.6. The normalized spacial score (nSPS) is 10.5. The number of anilines is 1. The van der Waals surface area contributed by atoms with Crippen LogP contribution in [0.5, 0.6) is 0 Å². The molecule has 2 rings (SSSR count). The fraction of sp³-hybridized carbons (Fsp3) is 0.267. The van der Waals surface area contributed by atoms with Crippen LogP contribution in [0.4, 0.5) is 5.69 Å². The van der Waals surface area contributed by atoms with E-state index in [-0.39, 0.29) is 12.5 Å². The molecule has 0 spiro atoms. The molecule has 0 aliphatic rings. The molecule has 3 nitrogen and oxygen atoms in total. The summed E-state index contributed by atoms with van der Waals surface area (Å²) in [4.78, 5) is 13.1. The molecule has 18 heavy (non-hydrogen) atoms. The fourth-order valence-electron chi connectivity index (χ4n) is 2.13. The van der Waals surface area contributed by atoms with Crippen molar-refractivity contribution in [3.05, 3.63) is 42.5 Å². The first kappa shape index (κ1) is 12.4. The average Bonchev–Trinajstić information content (AvgIpc) is 2.37. The molecule has 94 valence electrons. The fourth-order valence-corrected chi connectivity index (χ4v) is 2.13. The van der Waals surface area contributed by atoms with E-state index in [2.05, 4.69) is 31.2 Å². The second kappa shape index (κ2) is 5.54. The minimum absolute atomic E-state index is 0.270. The van der Waals surface area contributed by atoms with Crippen molar-refractivity contribution in [3.8, 4) is 0 Å². The van der Waals surface area contributed by atoms with Gasteiger partial charge in [-0.25, -0.2) is 0 Å². The first-order chi connectivity index (χ1) is 8.70. The van der Waals surface area contributed by atoms with Crippen LogP contribution in [0, 0.1) is 0 Å². The Labute approximate surface area is 107 Å². The summed E-state index contributed by atoms with van der Waals surface area (Å²) in [5, 5.41) is 2.39. The lowest BCUT2D eigenvalue weighted by atomic mass is 10.1. The molecule has 2 aromatic rings. The molecule has 0 fully saturated rings. The number of rotatable bonds is 5. The summed E-state index contributed by atoms with van der Waals surface area (Å²) in [7, 11) is 0. The van der Waals surface area contributed by atoms with Gasteiger partial charge in [0.15, 0.2) is 0 Å². The van der Waals surface area contributed by atoms with Crippen molar-refractivity contribution in [2.24, 2.45) is 5.73 Å². The largest absolute Gasteiger partial charge is 0.368 e. The molecule has 0 saturated carbocycles. The number of primary amides is 1. The summed E-state index contributed by atoms with van der Waals surface area (Å²) in [6.45, 7) is 3.20. The van der Waals surface area contributed by atoms with E-state index < -0.39 is 0 Å². The molecule has 0 radical (unpaired) electrons. The molecule has 2 N–H and O–H groups in total. The van der Waals surface area contributed by atoms with Crippen LogP contribution in [0.15, 0.2) is 42.5 Å². The Balaban J connectivity index is 2.34. The van der Waals surface area contributed by atoms with Crippen LogP contribution in [0.25, 0.3) is 10.8 Å². The number of carbonyl (C=O) groups excluding carboxylic acids is 1. The van der Waals surface area contributed by atoms with Gasteiger partial charge in [0.2, 0.25) is 5.91 Å². The quantitative estimate of drug-likeness (QED) is 0.875. The van der Waals surface area contributed by atoms with Gasteiger partial charge in [0.05, 0.1) is 6.54 Å². The molecular formula is C15H18N2O. The molecule has 2 aromatic carbocycles. The smallest absolute Gasteiger partial charge is 0.236 e. The molecule has 0 aliphatic carbocycles. The molecule has 0 heterocycles. The highest BCUT2D eigenvalue weighted by Crippen LogP contribution is 2.22. The number of nitrogens with zero attached hydrogens (tertiary/aromatic N) is 1. The van der Waals surface area contributed by atoms with Gasteiger partial charge in [-0.1, -0.05) is 37.3 Å². The Hall–Kier alpha value is -2.03. The molecular weight excluding hydrogens is 224 g/mol. The van der Waals surface area contributed by atoms with Gasteiger partial charge in [-0.2, -0.15) is 0 Å². The summed E-state index contributed by atoms with van der Waals surface area (Å²) >= 11 is 0. The molecule has 3 heteroatoms. The van der Waals surface area contributed by atoms with Crippen LogP contribution in [0.3, 0.4) is 0 Å². The van der Waals surface area contributed by atoms with Gasteiger partial charge in [-0.3, -0.25) is 4.79 Å². The maximum Gasteiger partial charge on any atom is 0.236 e. The maximum atomic E-state index is 11.1. The second-order valence-corrected chi connectivity index (χ2v) is 4.42. The predicted octanol–water partition coefficient (Wildman–Crippen LogP) is 2.54. The first-order valence-corrected chi connectivity index (χ1v) is 6.22. The number of hydrogen-bond donors (Lipinski definition) is 1. The summed E-state index contributed by atoms with van der Waals surface area (Å²) in [6, 6.07) is 14.4.